The second-order valence-corrected chi connectivity index (χ2v) is 5.18. The van der Waals surface area contributed by atoms with Crippen LogP contribution in [0.2, 0.25) is 0 Å². The van der Waals surface area contributed by atoms with Crippen molar-refractivity contribution < 1.29 is 9.18 Å². The monoisotopic (exact) mass is 285 g/mol. The number of nitrogens with zero attached hydrogens (tertiary/aromatic N) is 1. The molecule has 0 saturated carbocycles. The molecule has 0 aliphatic rings. The Kier molecular flexibility index (Phi) is 5.09. The van der Waals surface area contributed by atoms with Gasteiger partial charge in [0.2, 0.25) is 0 Å². The summed E-state index contributed by atoms with van der Waals surface area (Å²) in [6.45, 7) is 2.29. The number of likely N-dealkylation sites (N-methyl/N-ethyl adjacent to an activating group) is 1. The summed E-state index contributed by atoms with van der Waals surface area (Å²) in [6, 6.07) is 14.1. The van der Waals surface area contributed by atoms with Gasteiger partial charge in [0, 0.05) is 12.6 Å². The molecule has 110 valence electrons. The van der Waals surface area contributed by atoms with E-state index in [0.717, 1.165) is 12.8 Å². The standard InChI is InChI=1S/C18H20FNO/c1-3-6-14-9-11-15(12-10-14)18(21)13-20(2)17-8-5-4-7-16(17)19/h4-5,7-12H,3,6,13H2,1-2H3. The van der Waals surface area contributed by atoms with E-state index in [4.69, 9.17) is 0 Å². The minimum Gasteiger partial charge on any atom is -0.365 e. The molecule has 2 aromatic carbocycles. The van der Waals surface area contributed by atoms with Crippen LogP contribution in [0.25, 0.3) is 0 Å². The van der Waals surface area contributed by atoms with Crippen LogP contribution in [0, 0.1) is 5.82 Å². The van der Waals surface area contributed by atoms with Crippen LogP contribution in [0.3, 0.4) is 0 Å². The van der Waals surface area contributed by atoms with E-state index in [0.29, 0.717) is 11.3 Å². The number of halogens is 1. The van der Waals surface area contributed by atoms with Crippen LogP contribution >= 0.6 is 0 Å². The summed E-state index contributed by atoms with van der Waals surface area (Å²) in [7, 11) is 1.72. The van der Waals surface area contributed by atoms with Gasteiger partial charge in [0.05, 0.1) is 12.2 Å². The smallest absolute Gasteiger partial charge is 0.182 e. The summed E-state index contributed by atoms with van der Waals surface area (Å²) in [6.07, 6.45) is 2.10. The van der Waals surface area contributed by atoms with Gasteiger partial charge in [0.15, 0.2) is 5.78 Å². The van der Waals surface area contributed by atoms with E-state index in [9.17, 15) is 9.18 Å². The molecule has 0 aliphatic carbocycles. The van der Waals surface area contributed by atoms with Gasteiger partial charge in [-0.05, 0) is 24.1 Å². The Morgan fingerprint density at radius 3 is 2.38 bits per heavy atom. The average Bonchev–Trinajstić information content (AvgIpc) is 2.48. The fourth-order valence-corrected chi connectivity index (χ4v) is 2.30. The number of carbonyl (C=O) groups is 1. The largest absolute Gasteiger partial charge is 0.365 e. The summed E-state index contributed by atoms with van der Waals surface area (Å²) in [5.74, 6) is -0.324. The first-order valence-electron chi connectivity index (χ1n) is 7.19. The van der Waals surface area contributed by atoms with Crippen molar-refractivity contribution in [3.8, 4) is 0 Å². The minimum atomic E-state index is -0.314. The zero-order chi connectivity index (χ0) is 15.2. The second kappa shape index (κ2) is 7.02. The van der Waals surface area contributed by atoms with Crippen molar-refractivity contribution in [1.82, 2.24) is 0 Å². The lowest BCUT2D eigenvalue weighted by molar-refractivity contribution is 0.100. The molecular formula is C18H20FNO. The second-order valence-electron chi connectivity index (χ2n) is 5.18. The number of rotatable bonds is 6. The van der Waals surface area contributed by atoms with Gasteiger partial charge in [0.25, 0.3) is 0 Å². The Bertz CT molecular complexity index is 607. The summed E-state index contributed by atoms with van der Waals surface area (Å²) < 4.78 is 13.7. The van der Waals surface area contributed by atoms with Crippen LogP contribution < -0.4 is 4.90 Å². The lowest BCUT2D eigenvalue weighted by Crippen LogP contribution is -2.26. The highest BCUT2D eigenvalue weighted by Crippen LogP contribution is 2.17. The number of carbonyl (C=O) groups excluding carboxylic acids is 1. The Morgan fingerprint density at radius 2 is 1.76 bits per heavy atom. The van der Waals surface area contributed by atoms with Gasteiger partial charge in [-0.1, -0.05) is 49.7 Å². The number of ketones is 1. The van der Waals surface area contributed by atoms with Crippen molar-refractivity contribution in [1.29, 1.82) is 0 Å². The molecular weight excluding hydrogens is 265 g/mol. The number of hydrogen-bond donors (Lipinski definition) is 0. The zero-order valence-electron chi connectivity index (χ0n) is 12.5. The third-order valence-corrected chi connectivity index (χ3v) is 3.46. The predicted molar refractivity (Wildman–Crippen MR) is 84.4 cm³/mol. The number of anilines is 1. The van der Waals surface area contributed by atoms with Crippen LogP contribution in [0.5, 0.6) is 0 Å². The van der Waals surface area contributed by atoms with Crippen LogP contribution in [0.1, 0.15) is 29.3 Å². The highest BCUT2D eigenvalue weighted by Gasteiger charge is 2.12. The van der Waals surface area contributed by atoms with Gasteiger partial charge in [0.1, 0.15) is 5.82 Å². The fraction of sp³-hybridized carbons (Fsp3) is 0.278. The van der Waals surface area contributed by atoms with E-state index in [-0.39, 0.29) is 18.1 Å². The maximum atomic E-state index is 13.7. The lowest BCUT2D eigenvalue weighted by Gasteiger charge is -2.19. The molecule has 0 unspecified atom stereocenters. The third-order valence-electron chi connectivity index (χ3n) is 3.46. The molecule has 0 aliphatic heterocycles. The first kappa shape index (κ1) is 15.2. The highest BCUT2D eigenvalue weighted by molar-refractivity contribution is 5.99. The van der Waals surface area contributed by atoms with E-state index >= 15 is 0 Å². The summed E-state index contributed by atoms with van der Waals surface area (Å²) in [5, 5.41) is 0. The van der Waals surface area contributed by atoms with Crippen molar-refractivity contribution in [2.24, 2.45) is 0 Å². The van der Waals surface area contributed by atoms with E-state index in [2.05, 4.69) is 6.92 Å². The zero-order valence-corrected chi connectivity index (χ0v) is 12.5. The number of aryl methyl sites for hydroxylation is 1. The molecule has 0 spiro atoms. The molecule has 21 heavy (non-hydrogen) atoms. The first-order valence-corrected chi connectivity index (χ1v) is 7.19. The lowest BCUT2D eigenvalue weighted by atomic mass is 10.1. The molecule has 0 atom stereocenters. The molecule has 0 N–H and O–H groups in total. The van der Waals surface area contributed by atoms with Crippen molar-refractivity contribution in [2.45, 2.75) is 19.8 Å². The number of hydrogen-bond acceptors (Lipinski definition) is 2. The van der Waals surface area contributed by atoms with Gasteiger partial charge in [-0.15, -0.1) is 0 Å². The quantitative estimate of drug-likeness (QED) is 0.745. The molecule has 2 aromatic rings. The van der Waals surface area contributed by atoms with Crippen LogP contribution in [-0.2, 0) is 6.42 Å². The topological polar surface area (TPSA) is 20.3 Å². The summed E-state index contributed by atoms with van der Waals surface area (Å²) >= 11 is 0. The number of Topliss-reactive ketones (excluding diaryl/α,β-unsaturated/α-hetero) is 1. The van der Waals surface area contributed by atoms with Crippen LogP contribution in [0.15, 0.2) is 48.5 Å². The molecule has 0 saturated heterocycles. The average molecular weight is 285 g/mol. The van der Waals surface area contributed by atoms with E-state index in [1.54, 1.807) is 30.1 Å². The van der Waals surface area contributed by atoms with Crippen molar-refractivity contribution in [3.05, 3.63) is 65.5 Å². The molecule has 0 fully saturated rings. The van der Waals surface area contributed by atoms with Crippen LogP contribution in [0.4, 0.5) is 10.1 Å². The van der Waals surface area contributed by atoms with Gasteiger partial charge in [-0.2, -0.15) is 0 Å². The molecule has 2 rings (SSSR count). The van der Waals surface area contributed by atoms with Gasteiger partial charge in [-0.3, -0.25) is 4.79 Å². The Labute approximate surface area is 125 Å². The molecule has 0 radical (unpaired) electrons. The minimum absolute atomic E-state index is 0.0104. The predicted octanol–water partition coefficient (Wildman–Crippen LogP) is 4.10. The van der Waals surface area contributed by atoms with E-state index in [1.807, 2.05) is 24.3 Å². The van der Waals surface area contributed by atoms with Crippen molar-refractivity contribution in [2.75, 3.05) is 18.5 Å². The molecule has 0 amide bonds. The maximum Gasteiger partial charge on any atom is 0.182 e. The Morgan fingerprint density at radius 1 is 1.10 bits per heavy atom. The van der Waals surface area contributed by atoms with Gasteiger partial charge >= 0.3 is 0 Å². The summed E-state index contributed by atoms with van der Waals surface area (Å²) in [5.41, 5.74) is 2.34. The molecule has 0 heterocycles. The van der Waals surface area contributed by atoms with E-state index in [1.165, 1.54) is 11.6 Å². The van der Waals surface area contributed by atoms with Crippen molar-refractivity contribution >= 4 is 11.5 Å². The Balaban J connectivity index is 2.05. The molecule has 0 bridgehead atoms. The number of benzene rings is 2. The SMILES string of the molecule is CCCc1ccc(C(=O)CN(C)c2ccccc2F)cc1. The first-order chi connectivity index (χ1) is 10.1. The van der Waals surface area contributed by atoms with Crippen LogP contribution in [-0.4, -0.2) is 19.4 Å². The van der Waals surface area contributed by atoms with E-state index < -0.39 is 0 Å². The normalized spacial score (nSPS) is 10.4. The Hall–Kier alpha value is -2.16. The van der Waals surface area contributed by atoms with Gasteiger partial charge < -0.3 is 4.90 Å². The third kappa shape index (κ3) is 3.91. The summed E-state index contributed by atoms with van der Waals surface area (Å²) in [4.78, 5) is 13.9. The maximum absolute atomic E-state index is 13.7. The van der Waals surface area contributed by atoms with Gasteiger partial charge in [-0.25, -0.2) is 4.39 Å². The molecule has 3 heteroatoms. The molecule has 0 aromatic heterocycles. The molecule has 2 nitrogen and oxygen atoms in total. The highest BCUT2D eigenvalue weighted by atomic mass is 19.1. The number of para-hydroxylation sites is 1. The van der Waals surface area contributed by atoms with Crippen molar-refractivity contribution in [3.63, 3.8) is 0 Å². The fourth-order valence-electron chi connectivity index (χ4n) is 2.30.